The Balaban J connectivity index is 1.94. The number of aromatic nitrogens is 2. The number of H-pyrrole nitrogens is 1. The number of hydrogen-bond acceptors (Lipinski definition) is 4. The van der Waals surface area contributed by atoms with Crippen LogP contribution in [0.15, 0.2) is 18.5 Å². The third-order valence-corrected chi connectivity index (χ3v) is 3.86. The molecule has 0 atom stereocenters. The second kappa shape index (κ2) is 5.13. The Morgan fingerprint density at radius 3 is 2.80 bits per heavy atom. The minimum Gasteiger partial charge on any atom is -0.478 e. The SMILES string of the molecule is O=C(O)c1cnc2[nH]ccc2c1N[C@H]1CC[C@H](O)CC1. The Bertz CT molecular complexity index is 630. The number of carbonyl (C=O) groups is 1. The molecule has 0 bridgehead atoms. The number of aromatic amines is 1. The predicted octanol–water partition coefficient (Wildman–Crippen LogP) is 1.98. The second-order valence-corrected chi connectivity index (χ2v) is 5.24. The van der Waals surface area contributed by atoms with E-state index in [4.69, 9.17) is 0 Å². The third kappa shape index (κ3) is 2.34. The van der Waals surface area contributed by atoms with Crippen molar-refractivity contribution < 1.29 is 15.0 Å². The number of carboxylic acid groups (broad SMARTS) is 1. The lowest BCUT2D eigenvalue weighted by atomic mass is 9.92. The van der Waals surface area contributed by atoms with Gasteiger partial charge in [-0.2, -0.15) is 0 Å². The van der Waals surface area contributed by atoms with Crippen LogP contribution in [0, 0.1) is 0 Å². The number of nitrogens with one attached hydrogen (secondary N) is 2. The minimum atomic E-state index is -0.987. The summed E-state index contributed by atoms with van der Waals surface area (Å²) in [6.45, 7) is 0. The van der Waals surface area contributed by atoms with Crippen LogP contribution in [0.1, 0.15) is 36.0 Å². The normalized spacial score (nSPS) is 22.9. The van der Waals surface area contributed by atoms with Crippen molar-refractivity contribution in [3.8, 4) is 0 Å². The van der Waals surface area contributed by atoms with Gasteiger partial charge in [-0.05, 0) is 31.7 Å². The number of aromatic carboxylic acids is 1. The van der Waals surface area contributed by atoms with E-state index in [1.54, 1.807) is 6.20 Å². The highest BCUT2D eigenvalue weighted by molar-refractivity contribution is 6.03. The summed E-state index contributed by atoms with van der Waals surface area (Å²) in [4.78, 5) is 18.4. The van der Waals surface area contributed by atoms with Crippen molar-refractivity contribution in [2.75, 3.05) is 5.32 Å². The quantitative estimate of drug-likeness (QED) is 0.686. The van der Waals surface area contributed by atoms with Gasteiger partial charge in [0.1, 0.15) is 11.2 Å². The lowest BCUT2D eigenvalue weighted by Gasteiger charge is -2.27. The van der Waals surface area contributed by atoms with E-state index >= 15 is 0 Å². The van der Waals surface area contributed by atoms with Crippen LogP contribution >= 0.6 is 0 Å². The number of aliphatic hydroxyl groups excluding tert-OH is 1. The van der Waals surface area contributed by atoms with Gasteiger partial charge in [-0.1, -0.05) is 0 Å². The van der Waals surface area contributed by atoms with E-state index in [0.29, 0.717) is 11.3 Å². The number of carboxylic acids is 1. The van der Waals surface area contributed by atoms with Crippen LogP contribution in [0.4, 0.5) is 5.69 Å². The van der Waals surface area contributed by atoms with Gasteiger partial charge in [-0.25, -0.2) is 9.78 Å². The van der Waals surface area contributed by atoms with Gasteiger partial charge in [-0.3, -0.25) is 0 Å². The van der Waals surface area contributed by atoms with Crippen molar-refractivity contribution in [2.45, 2.75) is 37.8 Å². The molecule has 1 aliphatic rings. The molecule has 3 rings (SSSR count). The highest BCUT2D eigenvalue weighted by Crippen LogP contribution is 2.29. The fraction of sp³-hybridized carbons (Fsp3) is 0.429. The maximum Gasteiger partial charge on any atom is 0.339 e. The zero-order valence-corrected chi connectivity index (χ0v) is 11.0. The van der Waals surface area contributed by atoms with Gasteiger partial charge in [0, 0.05) is 23.8 Å². The highest BCUT2D eigenvalue weighted by Gasteiger charge is 2.22. The second-order valence-electron chi connectivity index (χ2n) is 5.24. The molecule has 2 aromatic rings. The van der Waals surface area contributed by atoms with E-state index in [2.05, 4.69) is 15.3 Å². The topological polar surface area (TPSA) is 98.2 Å². The molecule has 1 aliphatic carbocycles. The van der Waals surface area contributed by atoms with Crippen LogP contribution in [-0.2, 0) is 0 Å². The Morgan fingerprint density at radius 1 is 1.35 bits per heavy atom. The first-order chi connectivity index (χ1) is 9.65. The molecule has 106 valence electrons. The number of nitrogens with zero attached hydrogens (tertiary/aromatic N) is 1. The molecule has 0 amide bonds. The van der Waals surface area contributed by atoms with Crippen molar-refractivity contribution >= 4 is 22.7 Å². The van der Waals surface area contributed by atoms with Crippen LogP contribution in [0.5, 0.6) is 0 Å². The van der Waals surface area contributed by atoms with Gasteiger partial charge in [0.2, 0.25) is 0 Å². The summed E-state index contributed by atoms with van der Waals surface area (Å²) >= 11 is 0. The van der Waals surface area contributed by atoms with E-state index < -0.39 is 5.97 Å². The minimum absolute atomic E-state index is 0.184. The molecule has 20 heavy (non-hydrogen) atoms. The van der Waals surface area contributed by atoms with Gasteiger partial charge in [0.05, 0.1) is 11.8 Å². The molecule has 2 heterocycles. The van der Waals surface area contributed by atoms with Crippen molar-refractivity contribution in [3.05, 3.63) is 24.0 Å². The van der Waals surface area contributed by atoms with Crippen LogP contribution < -0.4 is 5.32 Å². The number of fused-ring (bicyclic) bond motifs is 1. The van der Waals surface area contributed by atoms with E-state index in [9.17, 15) is 15.0 Å². The van der Waals surface area contributed by atoms with Gasteiger partial charge in [-0.15, -0.1) is 0 Å². The van der Waals surface area contributed by atoms with Crippen molar-refractivity contribution in [3.63, 3.8) is 0 Å². The average molecular weight is 275 g/mol. The molecular weight excluding hydrogens is 258 g/mol. The van der Waals surface area contributed by atoms with Crippen LogP contribution in [0.25, 0.3) is 11.0 Å². The third-order valence-electron chi connectivity index (χ3n) is 3.86. The summed E-state index contributed by atoms with van der Waals surface area (Å²) in [5, 5.41) is 23.0. The molecule has 0 unspecified atom stereocenters. The molecule has 0 spiro atoms. The lowest BCUT2D eigenvalue weighted by molar-refractivity contribution is 0.0697. The first kappa shape index (κ1) is 12.9. The molecule has 1 saturated carbocycles. The zero-order valence-electron chi connectivity index (χ0n) is 11.0. The summed E-state index contributed by atoms with van der Waals surface area (Å²) < 4.78 is 0. The summed E-state index contributed by atoms with van der Waals surface area (Å²) in [5.41, 5.74) is 1.47. The number of anilines is 1. The molecule has 4 N–H and O–H groups in total. The molecule has 0 aromatic carbocycles. The molecular formula is C14H17N3O3. The molecule has 6 nitrogen and oxygen atoms in total. The fourth-order valence-corrected chi connectivity index (χ4v) is 2.75. The Kier molecular flexibility index (Phi) is 3.31. The first-order valence-electron chi connectivity index (χ1n) is 6.79. The van der Waals surface area contributed by atoms with E-state index in [-0.39, 0.29) is 17.7 Å². The summed E-state index contributed by atoms with van der Waals surface area (Å²) in [6, 6.07) is 2.02. The largest absolute Gasteiger partial charge is 0.478 e. The average Bonchev–Trinajstić information content (AvgIpc) is 2.90. The summed E-state index contributed by atoms with van der Waals surface area (Å²) in [7, 11) is 0. The zero-order chi connectivity index (χ0) is 14.1. The van der Waals surface area contributed by atoms with Crippen LogP contribution in [0.3, 0.4) is 0 Å². The van der Waals surface area contributed by atoms with E-state index in [0.717, 1.165) is 31.1 Å². The maximum absolute atomic E-state index is 11.4. The van der Waals surface area contributed by atoms with Gasteiger partial charge in [0.15, 0.2) is 0 Å². The smallest absolute Gasteiger partial charge is 0.339 e. The van der Waals surface area contributed by atoms with Crippen LogP contribution in [-0.4, -0.2) is 38.3 Å². The number of aliphatic hydroxyl groups is 1. The van der Waals surface area contributed by atoms with E-state index in [1.807, 2.05) is 6.07 Å². The van der Waals surface area contributed by atoms with Crippen LogP contribution in [0.2, 0.25) is 0 Å². The standard InChI is InChI=1S/C14H17N3O3/c18-9-3-1-8(2-4-9)17-12-10-5-6-15-13(10)16-7-11(12)14(19)20/h5-9,18H,1-4H2,(H,19,20)(H2,15,16,17)/t8-,9-. The fourth-order valence-electron chi connectivity index (χ4n) is 2.75. The number of pyridine rings is 1. The highest BCUT2D eigenvalue weighted by atomic mass is 16.4. The molecule has 2 aromatic heterocycles. The van der Waals surface area contributed by atoms with Gasteiger partial charge < -0.3 is 20.5 Å². The number of hydrogen-bond donors (Lipinski definition) is 4. The van der Waals surface area contributed by atoms with Gasteiger partial charge >= 0.3 is 5.97 Å². The molecule has 0 radical (unpaired) electrons. The first-order valence-corrected chi connectivity index (χ1v) is 6.79. The predicted molar refractivity (Wildman–Crippen MR) is 74.9 cm³/mol. The Labute approximate surface area is 115 Å². The lowest BCUT2D eigenvalue weighted by Crippen LogP contribution is -2.29. The summed E-state index contributed by atoms with van der Waals surface area (Å²) in [5.74, 6) is -0.987. The van der Waals surface area contributed by atoms with Crippen molar-refractivity contribution in [2.24, 2.45) is 0 Å². The Morgan fingerprint density at radius 2 is 2.10 bits per heavy atom. The number of rotatable bonds is 3. The molecule has 6 heteroatoms. The Hall–Kier alpha value is -2.08. The van der Waals surface area contributed by atoms with E-state index in [1.165, 1.54) is 6.20 Å². The summed E-state index contributed by atoms with van der Waals surface area (Å²) in [6.07, 6.45) is 6.09. The van der Waals surface area contributed by atoms with Crippen molar-refractivity contribution in [1.29, 1.82) is 0 Å². The molecule has 1 fully saturated rings. The van der Waals surface area contributed by atoms with Crippen molar-refractivity contribution in [1.82, 2.24) is 9.97 Å². The van der Waals surface area contributed by atoms with Gasteiger partial charge in [0.25, 0.3) is 0 Å². The molecule has 0 saturated heterocycles. The monoisotopic (exact) mass is 275 g/mol. The maximum atomic E-state index is 11.4. The molecule has 0 aliphatic heterocycles.